The zero-order valence-corrected chi connectivity index (χ0v) is 15.9. The van der Waals surface area contributed by atoms with Gasteiger partial charge in [0.15, 0.2) is 0 Å². The topological polar surface area (TPSA) is 57.7 Å². The molecule has 1 unspecified atom stereocenters. The van der Waals surface area contributed by atoms with Crippen LogP contribution >= 0.6 is 0 Å². The number of nitrogens with zero attached hydrogens (tertiary/aromatic N) is 2. The number of aryl methyl sites for hydroxylation is 1. The molecule has 0 aliphatic rings. The highest BCUT2D eigenvalue weighted by Crippen LogP contribution is 2.16. The van der Waals surface area contributed by atoms with Crippen molar-refractivity contribution in [2.75, 3.05) is 27.7 Å². The SMILES string of the molecule is C=O.CC.Cc1cccc(C=O)c1CN(C)C(C=O)CCN(C)C. The van der Waals surface area contributed by atoms with E-state index in [1.54, 1.807) is 0 Å². The van der Waals surface area contributed by atoms with Crippen molar-refractivity contribution in [3.63, 3.8) is 0 Å². The lowest BCUT2D eigenvalue weighted by molar-refractivity contribution is -0.112. The van der Waals surface area contributed by atoms with E-state index in [1.165, 1.54) is 0 Å². The Morgan fingerprint density at radius 2 is 1.71 bits per heavy atom. The van der Waals surface area contributed by atoms with Crippen molar-refractivity contribution in [2.45, 2.75) is 39.8 Å². The summed E-state index contributed by atoms with van der Waals surface area (Å²) in [7, 11) is 5.91. The van der Waals surface area contributed by atoms with Crippen molar-refractivity contribution in [2.24, 2.45) is 0 Å². The molecular weight excluding hydrogens is 304 g/mol. The van der Waals surface area contributed by atoms with Gasteiger partial charge in [-0.25, -0.2) is 0 Å². The first kappa shape index (κ1) is 24.4. The smallest absolute Gasteiger partial charge is 0.150 e. The van der Waals surface area contributed by atoms with E-state index in [0.717, 1.165) is 36.7 Å². The fourth-order valence-electron chi connectivity index (χ4n) is 2.20. The third-order valence-corrected chi connectivity index (χ3v) is 3.58. The molecule has 24 heavy (non-hydrogen) atoms. The van der Waals surface area contributed by atoms with Crippen LogP contribution in [0, 0.1) is 6.92 Å². The number of carbonyl (C=O) groups is 3. The van der Waals surface area contributed by atoms with Crippen molar-refractivity contribution in [3.05, 3.63) is 34.9 Å². The third-order valence-electron chi connectivity index (χ3n) is 3.58. The Morgan fingerprint density at radius 3 is 2.17 bits per heavy atom. The minimum Gasteiger partial charge on any atom is -0.309 e. The van der Waals surface area contributed by atoms with Crippen LogP contribution in [0.5, 0.6) is 0 Å². The second-order valence-electron chi connectivity index (χ2n) is 5.47. The van der Waals surface area contributed by atoms with Gasteiger partial charge in [-0.3, -0.25) is 9.69 Å². The Kier molecular flexibility index (Phi) is 15.0. The molecule has 1 aromatic carbocycles. The molecule has 0 aliphatic heterocycles. The van der Waals surface area contributed by atoms with Crippen LogP contribution in [0.1, 0.15) is 41.8 Å². The Bertz CT molecular complexity index is 476. The first-order valence-electron chi connectivity index (χ1n) is 8.12. The molecule has 1 atom stereocenters. The van der Waals surface area contributed by atoms with E-state index in [4.69, 9.17) is 4.79 Å². The number of hydrogen-bond acceptors (Lipinski definition) is 5. The van der Waals surface area contributed by atoms with Gasteiger partial charge in [0.1, 0.15) is 19.4 Å². The predicted octanol–water partition coefficient (Wildman–Crippen LogP) is 2.60. The molecule has 0 aliphatic carbocycles. The molecule has 0 saturated carbocycles. The Morgan fingerprint density at radius 1 is 1.12 bits per heavy atom. The van der Waals surface area contributed by atoms with Crippen molar-refractivity contribution in [3.8, 4) is 0 Å². The summed E-state index contributed by atoms with van der Waals surface area (Å²) in [6, 6.07) is 5.56. The summed E-state index contributed by atoms with van der Waals surface area (Å²) < 4.78 is 0. The van der Waals surface area contributed by atoms with Gasteiger partial charge in [-0.1, -0.05) is 32.0 Å². The summed E-state index contributed by atoms with van der Waals surface area (Å²) >= 11 is 0. The average Bonchev–Trinajstić information content (AvgIpc) is 2.60. The lowest BCUT2D eigenvalue weighted by Gasteiger charge is -2.26. The largest absolute Gasteiger partial charge is 0.309 e. The monoisotopic (exact) mass is 336 g/mol. The summed E-state index contributed by atoms with van der Waals surface area (Å²) in [5, 5.41) is 0. The maximum Gasteiger partial charge on any atom is 0.150 e. The van der Waals surface area contributed by atoms with E-state index in [2.05, 4.69) is 4.90 Å². The summed E-state index contributed by atoms with van der Waals surface area (Å²) in [6.07, 6.45) is 2.66. The zero-order chi connectivity index (χ0) is 19.1. The highest BCUT2D eigenvalue weighted by molar-refractivity contribution is 5.77. The molecule has 0 amide bonds. The van der Waals surface area contributed by atoms with Crippen LogP contribution in [-0.4, -0.2) is 62.9 Å². The van der Waals surface area contributed by atoms with Crippen molar-refractivity contribution >= 4 is 19.4 Å². The Balaban J connectivity index is 0. The van der Waals surface area contributed by atoms with Crippen LogP contribution < -0.4 is 0 Å². The third kappa shape index (κ3) is 8.70. The number of benzene rings is 1. The van der Waals surface area contributed by atoms with Crippen molar-refractivity contribution < 1.29 is 14.4 Å². The van der Waals surface area contributed by atoms with Crippen LogP contribution in [0.4, 0.5) is 0 Å². The van der Waals surface area contributed by atoms with Crippen molar-refractivity contribution in [1.82, 2.24) is 9.80 Å². The molecule has 0 fully saturated rings. The first-order valence-corrected chi connectivity index (χ1v) is 8.12. The molecule has 0 aromatic heterocycles. The first-order chi connectivity index (χ1) is 11.5. The molecular formula is C19H32N2O3. The molecule has 1 aromatic rings. The Labute approximate surface area is 146 Å². The zero-order valence-electron chi connectivity index (χ0n) is 15.9. The van der Waals surface area contributed by atoms with Gasteiger partial charge >= 0.3 is 0 Å². The highest BCUT2D eigenvalue weighted by Gasteiger charge is 2.16. The number of likely N-dealkylation sites (N-methyl/N-ethyl adjacent to an activating group) is 1. The quantitative estimate of drug-likeness (QED) is 0.683. The maximum atomic E-state index is 11.3. The normalized spacial score (nSPS) is 11.0. The van der Waals surface area contributed by atoms with Crippen LogP contribution in [-0.2, 0) is 16.1 Å². The fourth-order valence-corrected chi connectivity index (χ4v) is 2.20. The second-order valence-corrected chi connectivity index (χ2v) is 5.47. The molecule has 136 valence electrons. The number of rotatable bonds is 8. The lowest BCUT2D eigenvalue weighted by atomic mass is 10.0. The van der Waals surface area contributed by atoms with Gasteiger partial charge < -0.3 is 14.5 Å². The van der Waals surface area contributed by atoms with Gasteiger partial charge in [-0.15, -0.1) is 0 Å². The average molecular weight is 336 g/mol. The lowest BCUT2D eigenvalue weighted by Crippen LogP contribution is -2.35. The molecule has 0 bridgehead atoms. The van der Waals surface area contributed by atoms with Crippen LogP contribution in [0.3, 0.4) is 0 Å². The second kappa shape index (κ2) is 14.7. The number of hydrogen-bond donors (Lipinski definition) is 0. The van der Waals surface area contributed by atoms with E-state index in [-0.39, 0.29) is 6.04 Å². The van der Waals surface area contributed by atoms with Gasteiger partial charge in [0.05, 0.1) is 6.04 Å². The molecule has 0 N–H and O–H groups in total. The molecule has 1 rings (SSSR count). The fraction of sp³-hybridized carbons (Fsp3) is 0.526. The van der Waals surface area contributed by atoms with Gasteiger partial charge in [0.25, 0.3) is 0 Å². The summed E-state index contributed by atoms with van der Waals surface area (Å²) in [5.41, 5.74) is 2.79. The standard InChI is InChI=1S/C16H24N2O2.C2H6.CH2O/c1-13-6-5-7-14(11-19)16(13)10-18(4)15(12-20)8-9-17(2)3;2*1-2/h5-7,11-12,15H,8-10H2,1-4H3;1-2H3;1H2. The summed E-state index contributed by atoms with van der Waals surface area (Å²) in [6.45, 7) is 9.46. The van der Waals surface area contributed by atoms with Crippen LogP contribution in [0.15, 0.2) is 18.2 Å². The van der Waals surface area contributed by atoms with Gasteiger partial charge in [-0.05, 0) is 52.2 Å². The van der Waals surface area contributed by atoms with E-state index >= 15 is 0 Å². The summed E-state index contributed by atoms with van der Waals surface area (Å²) in [4.78, 5) is 34.4. The predicted molar refractivity (Wildman–Crippen MR) is 99.5 cm³/mol. The molecule has 0 spiro atoms. The molecule has 0 saturated heterocycles. The Hall–Kier alpha value is -1.85. The van der Waals surface area contributed by atoms with Crippen molar-refractivity contribution in [1.29, 1.82) is 0 Å². The van der Waals surface area contributed by atoms with E-state index < -0.39 is 0 Å². The molecule has 5 nitrogen and oxygen atoms in total. The van der Waals surface area contributed by atoms with Gasteiger partial charge in [0.2, 0.25) is 0 Å². The number of carbonyl (C=O) groups excluding carboxylic acids is 3. The minimum absolute atomic E-state index is 0.128. The summed E-state index contributed by atoms with van der Waals surface area (Å²) in [5.74, 6) is 0. The van der Waals surface area contributed by atoms with Crippen LogP contribution in [0.2, 0.25) is 0 Å². The number of aldehydes is 2. The van der Waals surface area contributed by atoms with E-state index in [0.29, 0.717) is 12.1 Å². The van der Waals surface area contributed by atoms with E-state index in [1.807, 2.05) is 71.8 Å². The maximum absolute atomic E-state index is 11.3. The highest BCUT2D eigenvalue weighted by atomic mass is 16.1. The molecule has 0 heterocycles. The van der Waals surface area contributed by atoms with Gasteiger partial charge in [-0.2, -0.15) is 0 Å². The van der Waals surface area contributed by atoms with Crippen LogP contribution in [0.25, 0.3) is 0 Å². The van der Waals surface area contributed by atoms with Gasteiger partial charge in [0, 0.05) is 12.1 Å². The minimum atomic E-state index is -0.128. The van der Waals surface area contributed by atoms with E-state index in [9.17, 15) is 9.59 Å². The molecule has 5 heteroatoms. The molecule has 0 radical (unpaired) electrons.